The van der Waals surface area contributed by atoms with E-state index in [9.17, 15) is 18.0 Å². The molecule has 2 aromatic rings. The fourth-order valence-electron chi connectivity index (χ4n) is 3.53. The van der Waals surface area contributed by atoms with E-state index in [0.29, 0.717) is 5.56 Å². The Kier molecular flexibility index (Phi) is 5.24. The summed E-state index contributed by atoms with van der Waals surface area (Å²) >= 11 is 1.43. The molecule has 0 bridgehead atoms. The summed E-state index contributed by atoms with van der Waals surface area (Å²) in [4.78, 5) is 18.2. The van der Waals surface area contributed by atoms with Gasteiger partial charge in [-0.15, -0.1) is 11.3 Å². The molecule has 0 aliphatic carbocycles. The van der Waals surface area contributed by atoms with Crippen molar-refractivity contribution in [2.45, 2.75) is 37.4 Å². The van der Waals surface area contributed by atoms with Crippen molar-refractivity contribution in [3.63, 3.8) is 0 Å². The van der Waals surface area contributed by atoms with Crippen LogP contribution >= 0.6 is 11.3 Å². The minimum Gasteiger partial charge on any atom is -0.303 e. The molecule has 0 N–H and O–H groups in total. The van der Waals surface area contributed by atoms with Gasteiger partial charge in [0, 0.05) is 18.0 Å². The molecule has 0 radical (unpaired) electrons. The molecule has 7 heteroatoms. The van der Waals surface area contributed by atoms with E-state index in [4.69, 9.17) is 0 Å². The standard InChI is InChI=1S/C18H19F3N2OS/c19-18(20,21)15-6-4-14(5-7-15)17(8-12-24,16-22-9-13-25-16)23-10-2-1-3-11-23/h4-7,9,12-13H,1-3,8,10-11H2. The highest BCUT2D eigenvalue weighted by Gasteiger charge is 2.43. The summed E-state index contributed by atoms with van der Waals surface area (Å²) in [5.41, 5.74) is -0.793. The third-order valence-corrected chi connectivity index (χ3v) is 5.67. The van der Waals surface area contributed by atoms with Crippen molar-refractivity contribution in [1.29, 1.82) is 0 Å². The number of alkyl halides is 3. The average molecular weight is 368 g/mol. The third kappa shape index (κ3) is 3.48. The maximum Gasteiger partial charge on any atom is 0.416 e. The van der Waals surface area contributed by atoms with Crippen LogP contribution in [0.5, 0.6) is 0 Å². The number of aldehydes is 1. The number of carbonyl (C=O) groups is 1. The number of aromatic nitrogens is 1. The third-order valence-electron chi connectivity index (χ3n) is 4.75. The lowest BCUT2D eigenvalue weighted by molar-refractivity contribution is -0.137. The van der Waals surface area contributed by atoms with Crippen molar-refractivity contribution < 1.29 is 18.0 Å². The molecule has 1 saturated heterocycles. The van der Waals surface area contributed by atoms with Crippen LogP contribution in [-0.2, 0) is 16.5 Å². The van der Waals surface area contributed by atoms with Crippen LogP contribution < -0.4 is 0 Å². The van der Waals surface area contributed by atoms with Crippen molar-refractivity contribution in [1.82, 2.24) is 9.88 Å². The minimum absolute atomic E-state index is 0.172. The molecule has 0 amide bonds. The lowest BCUT2D eigenvalue weighted by Crippen LogP contribution is -2.49. The van der Waals surface area contributed by atoms with Gasteiger partial charge >= 0.3 is 6.18 Å². The van der Waals surface area contributed by atoms with Gasteiger partial charge in [-0.25, -0.2) is 4.98 Å². The molecule has 1 fully saturated rings. The van der Waals surface area contributed by atoms with Crippen LogP contribution in [0.25, 0.3) is 0 Å². The topological polar surface area (TPSA) is 33.2 Å². The van der Waals surface area contributed by atoms with Crippen molar-refractivity contribution in [3.05, 3.63) is 52.0 Å². The zero-order chi connectivity index (χ0) is 17.9. The van der Waals surface area contributed by atoms with Crippen LogP contribution in [0.15, 0.2) is 35.8 Å². The van der Waals surface area contributed by atoms with Crippen molar-refractivity contribution in [2.24, 2.45) is 0 Å². The Morgan fingerprint density at radius 3 is 2.24 bits per heavy atom. The molecule has 3 nitrogen and oxygen atoms in total. The van der Waals surface area contributed by atoms with E-state index in [0.717, 1.165) is 55.8 Å². The Morgan fingerprint density at radius 1 is 1.08 bits per heavy atom. The summed E-state index contributed by atoms with van der Waals surface area (Å²) in [6.07, 6.45) is 1.45. The van der Waals surface area contributed by atoms with E-state index in [1.165, 1.54) is 23.5 Å². The molecule has 2 heterocycles. The van der Waals surface area contributed by atoms with Gasteiger partial charge in [0.05, 0.1) is 5.56 Å². The second-order valence-corrected chi connectivity index (χ2v) is 7.09. The monoisotopic (exact) mass is 368 g/mol. The maximum absolute atomic E-state index is 12.9. The Morgan fingerprint density at radius 2 is 1.72 bits per heavy atom. The van der Waals surface area contributed by atoms with Gasteiger partial charge < -0.3 is 4.79 Å². The first kappa shape index (κ1) is 18.1. The molecular formula is C18H19F3N2OS. The number of nitrogens with zero attached hydrogens (tertiary/aromatic N) is 2. The molecule has 0 spiro atoms. The number of halogens is 3. The van der Waals surface area contributed by atoms with Crippen molar-refractivity contribution in [3.8, 4) is 0 Å². The Bertz CT molecular complexity index is 694. The first-order valence-corrected chi connectivity index (χ1v) is 9.13. The van der Waals surface area contributed by atoms with Gasteiger partial charge in [0.25, 0.3) is 0 Å². The molecule has 25 heavy (non-hydrogen) atoms. The number of benzene rings is 1. The lowest BCUT2D eigenvalue weighted by Gasteiger charge is -2.44. The van der Waals surface area contributed by atoms with Crippen molar-refractivity contribution >= 4 is 17.6 Å². The number of hydrogen-bond acceptors (Lipinski definition) is 4. The lowest BCUT2D eigenvalue weighted by atomic mass is 9.83. The summed E-state index contributed by atoms with van der Waals surface area (Å²) in [7, 11) is 0. The maximum atomic E-state index is 12.9. The van der Waals surface area contributed by atoms with Crippen molar-refractivity contribution in [2.75, 3.05) is 13.1 Å². The summed E-state index contributed by atoms with van der Waals surface area (Å²) in [6, 6.07) is 5.16. The zero-order valence-corrected chi connectivity index (χ0v) is 14.4. The highest BCUT2D eigenvalue weighted by Crippen LogP contribution is 2.42. The molecule has 0 saturated carbocycles. The molecular weight excluding hydrogens is 349 g/mol. The molecule has 134 valence electrons. The number of likely N-dealkylation sites (tertiary alicyclic amines) is 1. The predicted molar refractivity (Wildman–Crippen MR) is 90.4 cm³/mol. The fraction of sp³-hybridized carbons (Fsp3) is 0.444. The van der Waals surface area contributed by atoms with E-state index < -0.39 is 17.3 Å². The number of carbonyl (C=O) groups excluding carboxylic acids is 1. The van der Waals surface area contributed by atoms with Crippen LogP contribution in [0.1, 0.15) is 41.8 Å². The molecule has 3 rings (SSSR count). The van der Waals surface area contributed by atoms with Gasteiger partial charge in [-0.3, -0.25) is 4.90 Å². The highest BCUT2D eigenvalue weighted by molar-refractivity contribution is 7.09. The largest absolute Gasteiger partial charge is 0.416 e. The normalized spacial score (nSPS) is 18.7. The molecule has 1 aromatic heterocycles. The second-order valence-electron chi connectivity index (χ2n) is 6.19. The molecule has 1 aliphatic heterocycles. The molecule has 1 atom stereocenters. The molecule has 1 aromatic carbocycles. The fourth-order valence-corrected chi connectivity index (χ4v) is 4.43. The van der Waals surface area contributed by atoms with Gasteiger partial charge in [0.2, 0.25) is 0 Å². The first-order valence-electron chi connectivity index (χ1n) is 8.25. The van der Waals surface area contributed by atoms with Gasteiger partial charge in [0.15, 0.2) is 0 Å². The quantitative estimate of drug-likeness (QED) is 0.730. The van der Waals surface area contributed by atoms with Crippen LogP contribution in [0.2, 0.25) is 0 Å². The Balaban J connectivity index is 2.11. The summed E-state index contributed by atoms with van der Waals surface area (Å²) in [5.74, 6) is 0. The second kappa shape index (κ2) is 7.25. The summed E-state index contributed by atoms with van der Waals surface area (Å²) in [5, 5.41) is 2.59. The van der Waals surface area contributed by atoms with Gasteiger partial charge in [-0.2, -0.15) is 13.2 Å². The molecule has 1 unspecified atom stereocenters. The van der Waals surface area contributed by atoms with E-state index >= 15 is 0 Å². The number of piperidine rings is 1. The SMILES string of the molecule is O=CCC(c1ccc(C(F)(F)F)cc1)(c1nccs1)N1CCCCC1. The predicted octanol–water partition coefficient (Wildman–Crippen LogP) is 4.48. The van der Waals surface area contributed by atoms with Crippen LogP contribution in [0.3, 0.4) is 0 Å². The smallest absolute Gasteiger partial charge is 0.303 e. The summed E-state index contributed by atoms with van der Waals surface area (Å²) < 4.78 is 38.7. The van der Waals surface area contributed by atoms with Crippen LogP contribution in [0, 0.1) is 0 Å². The average Bonchev–Trinajstić information content (AvgIpc) is 3.15. The Hall–Kier alpha value is -1.73. The minimum atomic E-state index is -4.38. The zero-order valence-electron chi connectivity index (χ0n) is 13.6. The number of hydrogen-bond donors (Lipinski definition) is 0. The Labute approximate surface area is 148 Å². The van der Waals surface area contributed by atoms with Crippen LogP contribution in [0.4, 0.5) is 13.2 Å². The molecule has 1 aliphatic rings. The van der Waals surface area contributed by atoms with Gasteiger partial charge in [0.1, 0.15) is 16.8 Å². The summed E-state index contributed by atoms with van der Waals surface area (Å²) in [6.45, 7) is 1.60. The number of rotatable bonds is 5. The van der Waals surface area contributed by atoms with E-state index in [-0.39, 0.29) is 6.42 Å². The van der Waals surface area contributed by atoms with Gasteiger partial charge in [-0.1, -0.05) is 18.6 Å². The van der Waals surface area contributed by atoms with Gasteiger partial charge in [-0.05, 0) is 43.6 Å². The van der Waals surface area contributed by atoms with E-state index in [2.05, 4.69) is 9.88 Å². The van der Waals surface area contributed by atoms with E-state index in [1.807, 2.05) is 5.38 Å². The van der Waals surface area contributed by atoms with E-state index in [1.54, 1.807) is 6.20 Å². The van der Waals surface area contributed by atoms with Crippen LogP contribution in [-0.4, -0.2) is 29.3 Å². The number of thiazole rings is 1. The highest BCUT2D eigenvalue weighted by atomic mass is 32.1. The first-order chi connectivity index (χ1) is 12.0.